The monoisotopic (exact) mass is 462 g/mol. The summed E-state index contributed by atoms with van der Waals surface area (Å²) in [6, 6.07) is 15.1. The quantitative estimate of drug-likeness (QED) is 0.460. The molecule has 33 heavy (non-hydrogen) atoms. The maximum atomic E-state index is 13.4. The summed E-state index contributed by atoms with van der Waals surface area (Å²) >= 11 is 1.25. The molecule has 1 aliphatic rings. The first kappa shape index (κ1) is 22.6. The molecule has 2 N–H and O–H groups in total. The molecule has 1 unspecified atom stereocenters. The van der Waals surface area contributed by atoms with Crippen LogP contribution in [0.15, 0.2) is 71.3 Å². The van der Waals surface area contributed by atoms with E-state index in [1.54, 1.807) is 29.6 Å². The highest BCUT2D eigenvalue weighted by Gasteiger charge is 2.45. The highest BCUT2D eigenvalue weighted by atomic mass is 32.1. The van der Waals surface area contributed by atoms with Crippen molar-refractivity contribution in [2.24, 2.45) is 0 Å². The third-order valence-corrected chi connectivity index (χ3v) is 6.79. The minimum atomic E-state index is -0.870. The Kier molecular flexibility index (Phi) is 6.24. The van der Waals surface area contributed by atoms with Gasteiger partial charge in [-0.05, 0) is 67.6 Å². The van der Waals surface area contributed by atoms with Crippen molar-refractivity contribution < 1.29 is 19.8 Å². The Balaban J connectivity index is 1.87. The van der Waals surface area contributed by atoms with Gasteiger partial charge in [0.15, 0.2) is 5.76 Å². The molecule has 2 heterocycles. The van der Waals surface area contributed by atoms with Crippen molar-refractivity contribution in [3.8, 4) is 5.75 Å². The zero-order chi connectivity index (χ0) is 23.7. The van der Waals surface area contributed by atoms with Crippen LogP contribution in [0, 0.1) is 6.92 Å². The second-order valence-electron chi connectivity index (χ2n) is 7.90. The molecular formula is C26H26N2O4S. The Morgan fingerprint density at radius 3 is 2.36 bits per heavy atom. The smallest absolute Gasteiger partial charge is 0.294 e. The molecule has 1 atom stereocenters. The third kappa shape index (κ3) is 4.00. The van der Waals surface area contributed by atoms with Gasteiger partial charge in [-0.3, -0.25) is 14.5 Å². The highest BCUT2D eigenvalue weighted by molar-refractivity contribution is 7.12. The number of hydrogen-bond acceptors (Lipinski definition) is 6. The van der Waals surface area contributed by atoms with Crippen molar-refractivity contribution in [1.29, 1.82) is 0 Å². The van der Waals surface area contributed by atoms with Crippen molar-refractivity contribution in [2.45, 2.75) is 26.8 Å². The zero-order valence-electron chi connectivity index (χ0n) is 18.8. The van der Waals surface area contributed by atoms with Crippen LogP contribution in [0.2, 0.25) is 0 Å². The summed E-state index contributed by atoms with van der Waals surface area (Å²) in [6.45, 7) is 7.71. The van der Waals surface area contributed by atoms with Gasteiger partial charge in [-0.15, -0.1) is 11.3 Å². The summed E-state index contributed by atoms with van der Waals surface area (Å²) in [5.41, 5.74) is 2.79. The molecule has 3 aromatic rings. The number of carbonyl (C=O) groups is 2. The summed E-state index contributed by atoms with van der Waals surface area (Å²) in [5.74, 6) is -1.81. The topological polar surface area (TPSA) is 81.1 Å². The molecule has 2 aromatic carbocycles. The van der Waals surface area contributed by atoms with Gasteiger partial charge in [0.25, 0.3) is 5.91 Å². The van der Waals surface area contributed by atoms with Crippen LogP contribution in [0.5, 0.6) is 5.75 Å². The molecular weight excluding hydrogens is 436 g/mol. The van der Waals surface area contributed by atoms with Crippen molar-refractivity contribution >= 4 is 34.4 Å². The number of amides is 1. The van der Waals surface area contributed by atoms with E-state index in [4.69, 9.17) is 0 Å². The number of rotatable bonds is 7. The van der Waals surface area contributed by atoms with Gasteiger partial charge < -0.3 is 15.1 Å². The average molecular weight is 463 g/mol. The number of aryl methyl sites for hydroxylation is 1. The van der Waals surface area contributed by atoms with Crippen LogP contribution in [0.1, 0.15) is 40.7 Å². The van der Waals surface area contributed by atoms with Crippen LogP contribution < -0.4 is 9.80 Å². The van der Waals surface area contributed by atoms with Gasteiger partial charge in [-0.25, -0.2) is 0 Å². The molecule has 170 valence electrons. The molecule has 1 aromatic heterocycles. The van der Waals surface area contributed by atoms with Crippen LogP contribution >= 0.6 is 11.3 Å². The van der Waals surface area contributed by atoms with Crippen LogP contribution in [0.25, 0.3) is 0 Å². The number of aliphatic hydroxyl groups is 1. The van der Waals surface area contributed by atoms with E-state index in [0.717, 1.165) is 24.3 Å². The summed E-state index contributed by atoms with van der Waals surface area (Å²) < 4.78 is 0. The van der Waals surface area contributed by atoms with Crippen molar-refractivity contribution in [1.82, 2.24) is 0 Å². The number of thiophene rings is 1. The molecule has 0 aliphatic carbocycles. The fraction of sp³-hybridized carbons (Fsp3) is 0.231. The molecule has 7 heteroatoms. The molecule has 0 saturated carbocycles. The number of carbonyl (C=O) groups excluding carboxylic acids is 2. The Morgan fingerprint density at radius 1 is 1.06 bits per heavy atom. The number of phenols is 1. The normalized spacial score (nSPS) is 15.9. The first-order valence-electron chi connectivity index (χ1n) is 10.9. The second-order valence-corrected chi connectivity index (χ2v) is 8.85. The summed E-state index contributed by atoms with van der Waals surface area (Å²) in [6.07, 6.45) is 0. The standard InChI is InChI=1S/C26H26N2O4S/c1-4-27(5-2)18-11-9-17(10-12-18)23-22(24(30)21-7-6-14-33-21)25(31)26(32)28(23)19-15-16(3)8-13-20(19)29/h6-15,23,29,31H,4-5H2,1-3H3. The largest absolute Gasteiger partial charge is 0.506 e. The molecule has 0 radical (unpaired) electrons. The lowest BCUT2D eigenvalue weighted by atomic mass is 9.94. The van der Waals surface area contributed by atoms with Gasteiger partial charge in [0.05, 0.1) is 22.2 Å². The molecule has 6 nitrogen and oxygen atoms in total. The van der Waals surface area contributed by atoms with Crippen LogP contribution in [-0.4, -0.2) is 35.0 Å². The number of phenolic OH excluding ortho intramolecular Hbond substituents is 1. The second kappa shape index (κ2) is 9.11. The van der Waals surface area contributed by atoms with E-state index in [1.165, 1.54) is 22.3 Å². The van der Waals surface area contributed by atoms with E-state index >= 15 is 0 Å². The predicted octanol–water partition coefficient (Wildman–Crippen LogP) is 5.39. The fourth-order valence-corrected chi connectivity index (χ4v) is 4.90. The van der Waals surface area contributed by atoms with Crippen molar-refractivity contribution in [2.75, 3.05) is 22.9 Å². The van der Waals surface area contributed by atoms with E-state index < -0.39 is 23.5 Å². The lowest BCUT2D eigenvalue weighted by Gasteiger charge is -2.28. The van der Waals surface area contributed by atoms with E-state index in [1.807, 2.05) is 31.2 Å². The summed E-state index contributed by atoms with van der Waals surface area (Å²) in [4.78, 5) is 30.6. The molecule has 1 aliphatic heterocycles. The molecule has 4 rings (SSSR count). The fourth-order valence-electron chi connectivity index (χ4n) is 4.22. The Morgan fingerprint density at radius 2 is 1.76 bits per heavy atom. The highest BCUT2D eigenvalue weighted by Crippen LogP contribution is 2.45. The number of aliphatic hydroxyl groups excluding tert-OH is 1. The minimum absolute atomic E-state index is 0.0129. The number of ketones is 1. The zero-order valence-corrected chi connectivity index (χ0v) is 19.6. The minimum Gasteiger partial charge on any atom is -0.506 e. The van der Waals surface area contributed by atoms with Crippen LogP contribution in [0.4, 0.5) is 11.4 Å². The van der Waals surface area contributed by atoms with Crippen LogP contribution in [0.3, 0.4) is 0 Å². The van der Waals surface area contributed by atoms with Crippen molar-refractivity contribution in [3.05, 3.63) is 87.3 Å². The Labute approximate surface area is 197 Å². The first-order chi connectivity index (χ1) is 15.9. The molecule has 0 fully saturated rings. The third-order valence-electron chi connectivity index (χ3n) is 5.93. The Hall–Kier alpha value is -3.58. The lowest BCUT2D eigenvalue weighted by molar-refractivity contribution is -0.117. The molecule has 0 saturated heterocycles. The van der Waals surface area contributed by atoms with Crippen molar-refractivity contribution in [3.63, 3.8) is 0 Å². The number of anilines is 2. The maximum absolute atomic E-state index is 13.4. The van der Waals surface area contributed by atoms with E-state index in [0.29, 0.717) is 10.4 Å². The summed E-state index contributed by atoms with van der Waals surface area (Å²) in [7, 11) is 0. The molecule has 0 spiro atoms. The van der Waals surface area contributed by atoms with Gasteiger partial charge in [0, 0.05) is 18.8 Å². The number of Topliss-reactive ketones (excluding diaryl/α,β-unsaturated/α-hetero) is 1. The van der Waals surface area contributed by atoms with Gasteiger partial charge in [-0.2, -0.15) is 0 Å². The molecule has 1 amide bonds. The number of hydrogen-bond donors (Lipinski definition) is 2. The summed E-state index contributed by atoms with van der Waals surface area (Å²) in [5, 5.41) is 23.2. The van der Waals surface area contributed by atoms with E-state index in [9.17, 15) is 19.8 Å². The van der Waals surface area contributed by atoms with E-state index in [-0.39, 0.29) is 17.0 Å². The van der Waals surface area contributed by atoms with Crippen LogP contribution in [-0.2, 0) is 4.79 Å². The average Bonchev–Trinajstić information content (AvgIpc) is 3.44. The lowest BCUT2D eigenvalue weighted by Crippen LogP contribution is -2.31. The van der Waals surface area contributed by atoms with Gasteiger partial charge >= 0.3 is 0 Å². The number of nitrogens with zero attached hydrogens (tertiary/aromatic N) is 2. The maximum Gasteiger partial charge on any atom is 0.294 e. The number of aromatic hydroxyl groups is 1. The first-order valence-corrected chi connectivity index (χ1v) is 11.7. The van der Waals surface area contributed by atoms with Gasteiger partial charge in [-0.1, -0.05) is 24.3 Å². The SMILES string of the molecule is CCN(CC)c1ccc(C2C(C(=O)c3cccs3)=C(O)C(=O)N2c2cc(C)ccc2O)cc1. The van der Waals surface area contributed by atoms with Gasteiger partial charge in [0.2, 0.25) is 5.78 Å². The molecule has 0 bridgehead atoms. The number of benzene rings is 2. The van der Waals surface area contributed by atoms with Gasteiger partial charge in [0.1, 0.15) is 5.75 Å². The van der Waals surface area contributed by atoms with E-state index in [2.05, 4.69) is 18.7 Å². The predicted molar refractivity (Wildman–Crippen MR) is 131 cm³/mol. The Bertz CT molecular complexity index is 1210.